The fourth-order valence-corrected chi connectivity index (χ4v) is 5.55. The van der Waals surface area contributed by atoms with Crippen LogP contribution < -0.4 is 5.69 Å². The summed E-state index contributed by atoms with van der Waals surface area (Å²) < 4.78 is 27.9. The Morgan fingerprint density at radius 1 is 1.05 bits per heavy atom. The van der Waals surface area contributed by atoms with Crippen LogP contribution in [0, 0.1) is 0 Å². The highest BCUT2D eigenvalue weighted by Gasteiger charge is 2.40. The smallest absolute Gasteiger partial charge is 0.408 e. The number of carbonyl (C=O) groups is 1. The first-order valence-electron chi connectivity index (χ1n) is 11.9. The number of amides is 1. The molecular formula is C25H34N4O7S. The predicted octanol–water partition coefficient (Wildman–Crippen LogP) is 2.94. The Hall–Kier alpha value is -3.19. The molecule has 11 nitrogen and oxygen atoms in total. The summed E-state index contributed by atoms with van der Waals surface area (Å²) in [5.41, 5.74) is 0.145. The Bertz CT molecular complexity index is 1380. The molecule has 0 aliphatic rings. The zero-order valence-electron chi connectivity index (χ0n) is 21.5. The van der Waals surface area contributed by atoms with Gasteiger partial charge in [0.25, 0.3) is 10.0 Å². The van der Waals surface area contributed by atoms with Gasteiger partial charge in [-0.3, -0.25) is 9.74 Å². The normalized spacial score (nSPS) is 14.3. The van der Waals surface area contributed by atoms with E-state index in [0.29, 0.717) is 15.5 Å². The van der Waals surface area contributed by atoms with Crippen LogP contribution in [0.4, 0.5) is 4.79 Å². The van der Waals surface area contributed by atoms with E-state index < -0.39 is 52.1 Å². The van der Waals surface area contributed by atoms with Gasteiger partial charge in [0.05, 0.1) is 40.7 Å². The number of aliphatic hydroxyl groups excluding tert-OH is 1. The van der Waals surface area contributed by atoms with Crippen LogP contribution in [0.2, 0.25) is 0 Å². The first kappa shape index (κ1) is 28.4. The molecule has 0 fully saturated rings. The number of sulfonamides is 1. The van der Waals surface area contributed by atoms with E-state index in [1.54, 1.807) is 46.8 Å². The van der Waals surface area contributed by atoms with Gasteiger partial charge in [-0.1, -0.05) is 34.8 Å². The largest absolute Gasteiger partial charge is 0.465 e. The summed E-state index contributed by atoms with van der Waals surface area (Å²) in [6.45, 7) is 7.87. The van der Waals surface area contributed by atoms with Crippen LogP contribution in [0.15, 0.2) is 58.2 Å². The highest BCUT2D eigenvalue weighted by atomic mass is 32.2. The SMILES string of the molecule is CC(C)ON(C[C@@H](O)[C@H](Cc1ccccc1)N(C(=O)O)C(C)(C)C)S(=O)(=O)c1ccc2[nH]c(=O)[nH]c2c1. The van der Waals surface area contributed by atoms with Crippen molar-refractivity contribution >= 4 is 27.1 Å². The number of aromatic nitrogens is 2. The second-order valence-electron chi connectivity index (χ2n) is 10.1. The highest BCUT2D eigenvalue weighted by molar-refractivity contribution is 7.89. The molecule has 2 aromatic carbocycles. The maximum Gasteiger partial charge on any atom is 0.408 e. The van der Waals surface area contributed by atoms with Gasteiger partial charge in [0.2, 0.25) is 0 Å². The number of hydrogen-bond acceptors (Lipinski definition) is 6. The maximum atomic E-state index is 13.6. The first-order chi connectivity index (χ1) is 17.2. The molecular weight excluding hydrogens is 500 g/mol. The molecule has 0 spiro atoms. The zero-order valence-corrected chi connectivity index (χ0v) is 22.3. The summed E-state index contributed by atoms with van der Waals surface area (Å²) in [6.07, 6.45) is -3.10. The zero-order chi connectivity index (χ0) is 27.5. The molecule has 0 aliphatic heterocycles. The molecule has 0 radical (unpaired) electrons. The van der Waals surface area contributed by atoms with E-state index >= 15 is 0 Å². The molecule has 0 saturated heterocycles. The Kier molecular flexibility index (Phi) is 8.48. The molecule has 0 aliphatic carbocycles. The monoisotopic (exact) mass is 534 g/mol. The van der Waals surface area contributed by atoms with E-state index in [4.69, 9.17) is 4.84 Å². The summed E-state index contributed by atoms with van der Waals surface area (Å²) in [7, 11) is -4.31. The van der Waals surface area contributed by atoms with Crippen molar-refractivity contribution in [3.63, 3.8) is 0 Å². The number of fused-ring (bicyclic) bond motifs is 1. The number of carboxylic acid groups (broad SMARTS) is 1. The van der Waals surface area contributed by atoms with Gasteiger partial charge >= 0.3 is 11.8 Å². The number of benzene rings is 2. The lowest BCUT2D eigenvalue weighted by Crippen LogP contribution is -2.58. The first-order valence-corrected chi connectivity index (χ1v) is 13.3. The van der Waals surface area contributed by atoms with Crippen LogP contribution in [0.25, 0.3) is 11.0 Å². The number of nitrogens with zero attached hydrogens (tertiary/aromatic N) is 2. The molecule has 3 aromatic rings. The van der Waals surface area contributed by atoms with Gasteiger partial charge in [-0.05, 0) is 64.8 Å². The van der Waals surface area contributed by atoms with E-state index in [-0.39, 0.29) is 11.3 Å². The van der Waals surface area contributed by atoms with Crippen LogP contribution in [0.1, 0.15) is 40.2 Å². The van der Waals surface area contributed by atoms with E-state index in [1.807, 2.05) is 18.2 Å². The fourth-order valence-electron chi connectivity index (χ4n) is 4.18. The number of aromatic amines is 2. The lowest BCUT2D eigenvalue weighted by atomic mass is 9.95. The predicted molar refractivity (Wildman–Crippen MR) is 139 cm³/mol. The molecule has 3 rings (SSSR count). The number of rotatable bonds is 10. The minimum absolute atomic E-state index is 0.150. The van der Waals surface area contributed by atoms with Gasteiger partial charge in [-0.25, -0.2) is 18.0 Å². The van der Waals surface area contributed by atoms with E-state index in [2.05, 4.69) is 9.97 Å². The average molecular weight is 535 g/mol. The number of imidazole rings is 1. The molecule has 0 saturated carbocycles. The summed E-state index contributed by atoms with van der Waals surface area (Å²) in [5, 5.41) is 21.4. The van der Waals surface area contributed by atoms with Crippen LogP contribution >= 0.6 is 0 Å². The van der Waals surface area contributed by atoms with Crippen molar-refractivity contribution in [2.45, 2.75) is 69.7 Å². The topological polar surface area (TPSA) is 156 Å². The van der Waals surface area contributed by atoms with Gasteiger partial charge in [-0.2, -0.15) is 0 Å². The lowest BCUT2D eigenvalue weighted by Gasteiger charge is -2.42. The minimum Gasteiger partial charge on any atom is -0.465 e. The molecule has 1 aromatic heterocycles. The molecule has 2 atom stereocenters. The third-order valence-corrected chi connectivity index (χ3v) is 7.33. The molecule has 12 heteroatoms. The van der Waals surface area contributed by atoms with Crippen molar-refractivity contribution in [1.29, 1.82) is 0 Å². The third-order valence-electron chi connectivity index (χ3n) is 5.71. The average Bonchev–Trinajstić information content (AvgIpc) is 3.16. The number of nitrogens with one attached hydrogen (secondary N) is 2. The molecule has 37 heavy (non-hydrogen) atoms. The number of hydrogen-bond donors (Lipinski definition) is 4. The molecule has 202 valence electrons. The molecule has 4 N–H and O–H groups in total. The summed E-state index contributed by atoms with van der Waals surface area (Å²) in [5.74, 6) is 0. The molecule has 0 bridgehead atoms. The van der Waals surface area contributed by atoms with Crippen LogP contribution in [0.5, 0.6) is 0 Å². The van der Waals surface area contributed by atoms with Crippen molar-refractivity contribution in [3.05, 3.63) is 64.6 Å². The Morgan fingerprint density at radius 2 is 1.68 bits per heavy atom. The fraction of sp³-hybridized carbons (Fsp3) is 0.440. The molecule has 0 unspecified atom stereocenters. The standard InChI is InChI=1S/C25H34N4O7S/c1-16(2)36-28(37(34,35)18-11-12-19-20(14-18)27-23(31)26-19)15-22(30)21(13-17-9-7-6-8-10-17)29(24(32)33)25(3,4)5/h6-12,14,16,21-22,30H,13,15H2,1-5H3,(H,32,33)(H2,26,27,31)/t21-,22+/m0/s1. The van der Waals surface area contributed by atoms with Gasteiger partial charge < -0.3 is 20.2 Å². The van der Waals surface area contributed by atoms with E-state index in [0.717, 1.165) is 10.5 Å². The number of H-pyrrole nitrogens is 2. The van der Waals surface area contributed by atoms with Crippen molar-refractivity contribution in [1.82, 2.24) is 19.3 Å². The quantitative estimate of drug-likeness (QED) is 0.291. The Labute approximate surface area is 215 Å². The minimum atomic E-state index is -4.31. The van der Waals surface area contributed by atoms with Crippen molar-refractivity contribution < 1.29 is 28.3 Å². The van der Waals surface area contributed by atoms with Crippen LogP contribution in [0.3, 0.4) is 0 Å². The summed E-state index contributed by atoms with van der Waals surface area (Å²) >= 11 is 0. The second-order valence-corrected chi connectivity index (χ2v) is 11.9. The summed E-state index contributed by atoms with van der Waals surface area (Å²) in [4.78, 5) is 35.6. The highest BCUT2D eigenvalue weighted by Crippen LogP contribution is 2.26. The van der Waals surface area contributed by atoms with Gasteiger partial charge in [0.15, 0.2) is 0 Å². The van der Waals surface area contributed by atoms with Crippen molar-refractivity contribution in [2.75, 3.05) is 6.54 Å². The second kappa shape index (κ2) is 11.1. The maximum absolute atomic E-state index is 13.6. The summed E-state index contributed by atoms with van der Waals surface area (Å²) in [6, 6.07) is 12.2. The van der Waals surface area contributed by atoms with Crippen LogP contribution in [-0.4, -0.2) is 74.4 Å². The molecule has 1 heterocycles. The van der Waals surface area contributed by atoms with Gasteiger partial charge in [0.1, 0.15) is 0 Å². The van der Waals surface area contributed by atoms with Crippen LogP contribution in [-0.2, 0) is 21.3 Å². The van der Waals surface area contributed by atoms with Gasteiger partial charge in [0, 0.05) is 5.54 Å². The van der Waals surface area contributed by atoms with Crippen molar-refractivity contribution in [2.24, 2.45) is 0 Å². The van der Waals surface area contributed by atoms with E-state index in [1.165, 1.54) is 18.2 Å². The Morgan fingerprint density at radius 3 is 2.24 bits per heavy atom. The number of aliphatic hydroxyl groups is 1. The van der Waals surface area contributed by atoms with Crippen molar-refractivity contribution in [3.8, 4) is 0 Å². The number of hydroxylamine groups is 1. The Balaban J connectivity index is 2.01. The third kappa shape index (κ3) is 6.77. The molecule has 1 amide bonds. The van der Waals surface area contributed by atoms with E-state index in [9.17, 15) is 28.2 Å². The lowest BCUT2D eigenvalue weighted by molar-refractivity contribution is -0.141. The van der Waals surface area contributed by atoms with Gasteiger partial charge in [-0.15, -0.1) is 0 Å².